The Morgan fingerprint density at radius 3 is 2.52 bits per heavy atom. The van der Waals surface area contributed by atoms with Crippen LogP contribution >= 0.6 is 12.2 Å². The Morgan fingerprint density at radius 1 is 1.43 bits per heavy atom. The monoisotopic (exact) mass is 302 g/mol. The Kier molecular flexibility index (Phi) is 5.57. The van der Waals surface area contributed by atoms with E-state index in [-0.39, 0.29) is 0 Å². The number of nitrogens with two attached hydrogens (primary N) is 1. The topological polar surface area (TPSA) is 105 Å². The fourth-order valence-corrected chi connectivity index (χ4v) is 2.08. The van der Waals surface area contributed by atoms with Crippen LogP contribution in [-0.4, -0.2) is 20.6 Å². The van der Waals surface area contributed by atoms with Gasteiger partial charge in [-0.3, -0.25) is 0 Å². The summed E-state index contributed by atoms with van der Waals surface area (Å²) in [5.74, 6) is -0.674. The van der Waals surface area contributed by atoms with Crippen molar-refractivity contribution in [2.75, 3.05) is 5.73 Å². The molecule has 21 heavy (non-hydrogen) atoms. The van der Waals surface area contributed by atoms with Gasteiger partial charge in [-0.2, -0.15) is 0 Å². The van der Waals surface area contributed by atoms with Crippen LogP contribution in [-0.2, 0) is 4.79 Å². The van der Waals surface area contributed by atoms with E-state index < -0.39 is 12.0 Å². The second-order valence-corrected chi connectivity index (χ2v) is 4.51. The highest BCUT2D eigenvalue weighted by molar-refractivity contribution is 7.71. The van der Waals surface area contributed by atoms with E-state index in [2.05, 4.69) is 11.6 Å². The summed E-state index contributed by atoms with van der Waals surface area (Å²) in [5, 5.41) is 15.9. The summed E-state index contributed by atoms with van der Waals surface area (Å²) >= 11 is 5.26. The van der Waals surface area contributed by atoms with Gasteiger partial charge in [-0.25, -0.2) is 15.0 Å². The minimum Gasteiger partial charge on any atom is -0.479 e. The minimum absolute atomic E-state index is 0.318. The Hall–Kier alpha value is -2.72. The first-order valence-corrected chi connectivity index (χ1v) is 6.30. The zero-order valence-corrected chi connectivity index (χ0v) is 12.1. The molecule has 0 saturated carbocycles. The van der Waals surface area contributed by atoms with Crippen LogP contribution in [0, 0.1) is 23.4 Å². The molecule has 0 amide bonds. The van der Waals surface area contributed by atoms with E-state index in [9.17, 15) is 9.90 Å². The third-order valence-corrected chi connectivity index (χ3v) is 3.41. The lowest BCUT2D eigenvalue weighted by molar-refractivity contribution is -0.139. The number of nitrogen functional groups attached to an aromatic ring is 1. The lowest BCUT2D eigenvalue weighted by Crippen LogP contribution is -2.22. The molecule has 0 bridgehead atoms. The zero-order valence-electron chi connectivity index (χ0n) is 11.3. The van der Waals surface area contributed by atoms with Gasteiger partial charge in [0.1, 0.15) is 10.5 Å². The zero-order chi connectivity index (χ0) is 16.0. The van der Waals surface area contributed by atoms with Gasteiger partial charge in [0.05, 0.1) is 6.33 Å². The lowest BCUT2D eigenvalue weighted by atomic mass is 10.1. The average Bonchev–Trinajstić information content (AvgIpc) is 2.50. The maximum Gasteiger partial charge on any atom is 0.331 e. The normalized spacial score (nSPS) is 11.0. The molecule has 7 heteroatoms. The lowest BCUT2D eigenvalue weighted by Gasteiger charge is -2.17. The molecule has 1 aromatic carbocycles. The van der Waals surface area contributed by atoms with Gasteiger partial charge in [0.15, 0.2) is 6.04 Å². The van der Waals surface area contributed by atoms with E-state index >= 15 is 0 Å². The first kappa shape index (κ1) is 16.3. The number of carboxylic acid groups (broad SMARTS) is 1. The number of carboxylic acids is 1. The van der Waals surface area contributed by atoms with Crippen molar-refractivity contribution in [2.45, 2.75) is 13.0 Å². The van der Waals surface area contributed by atoms with E-state index in [0.29, 0.717) is 21.6 Å². The maximum absolute atomic E-state index is 11.5. The van der Waals surface area contributed by atoms with Crippen molar-refractivity contribution >= 4 is 24.0 Å². The molecule has 2 rings (SSSR count). The van der Waals surface area contributed by atoms with Crippen LogP contribution in [0.2, 0.25) is 0 Å². The molecule has 108 valence electrons. The maximum atomic E-state index is 11.5. The Morgan fingerprint density at radius 2 is 2.00 bits per heavy atom. The molecule has 1 aromatic heterocycles. The summed E-state index contributed by atoms with van der Waals surface area (Å²) in [7, 11) is 0. The second-order valence-electron chi connectivity index (χ2n) is 4.12. The summed E-state index contributed by atoms with van der Waals surface area (Å²) in [4.78, 5) is 15.5. The van der Waals surface area contributed by atoms with Crippen molar-refractivity contribution in [1.29, 1.82) is 5.26 Å². The number of benzene rings is 1. The van der Waals surface area contributed by atoms with Crippen LogP contribution in [0.4, 0.5) is 5.82 Å². The molecule has 0 fully saturated rings. The van der Waals surface area contributed by atoms with E-state index in [1.807, 2.05) is 6.07 Å². The molecule has 0 saturated heterocycles. The van der Waals surface area contributed by atoms with Gasteiger partial charge in [-0.1, -0.05) is 42.5 Å². The number of carbonyl (C=O) groups is 1. The number of aliphatic carboxylic acids is 1. The van der Waals surface area contributed by atoms with Gasteiger partial charge in [-0.15, -0.1) is 0 Å². The van der Waals surface area contributed by atoms with Gasteiger partial charge in [0.25, 0.3) is 0 Å². The molecule has 1 atom stereocenters. The van der Waals surface area contributed by atoms with Crippen LogP contribution in [0.5, 0.6) is 0 Å². The number of rotatable bonds is 3. The van der Waals surface area contributed by atoms with Gasteiger partial charge in [0.2, 0.25) is 0 Å². The molecule has 0 spiro atoms. The first-order valence-electron chi connectivity index (χ1n) is 5.89. The summed E-state index contributed by atoms with van der Waals surface area (Å²) < 4.78 is 1.82. The third-order valence-electron chi connectivity index (χ3n) is 2.89. The number of aromatic nitrogens is 2. The summed E-state index contributed by atoms with van der Waals surface area (Å²) in [6.45, 7) is 5.23. The van der Waals surface area contributed by atoms with Crippen LogP contribution in [0.15, 0.2) is 36.7 Å². The predicted molar refractivity (Wildman–Crippen MR) is 81.1 cm³/mol. The standard InChI is InChI=1S/C13H13N3O2S.CHN/c1-8-11(14)15-7-16(12(8)19)10(13(17)18)9-5-3-2-4-6-9;1-2/h2-7,10H,14H2,1H3,(H,17,18);1H. The molecule has 6 nitrogen and oxygen atoms in total. The fraction of sp³-hybridized carbons (Fsp3) is 0.143. The highest BCUT2D eigenvalue weighted by atomic mass is 32.1. The summed E-state index contributed by atoms with van der Waals surface area (Å²) in [5.41, 5.74) is 6.91. The predicted octanol–water partition coefficient (Wildman–Crippen LogP) is 2.32. The Balaban J connectivity index is 0.00000106. The van der Waals surface area contributed by atoms with Crippen molar-refractivity contribution < 1.29 is 9.90 Å². The number of hydrogen-bond acceptors (Lipinski definition) is 5. The van der Waals surface area contributed by atoms with E-state index in [4.69, 9.17) is 23.2 Å². The first-order chi connectivity index (χ1) is 10.0. The molecular weight excluding hydrogens is 288 g/mol. The van der Waals surface area contributed by atoms with Gasteiger partial charge < -0.3 is 15.4 Å². The van der Waals surface area contributed by atoms with Gasteiger partial charge in [0, 0.05) is 12.1 Å². The Bertz CT molecular complexity index is 710. The molecule has 3 N–H and O–H groups in total. The van der Waals surface area contributed by atoms with Crippen LogP contribution in [0.25, 0.3) is 0 Å². The van der Waals surface area contributed by atoms with Crippen LogP contribution < -0.4 is 5.73 Å². The van der Waals surface area contributed by atoms with Crippen molar-refractivity contribution in [3.8, 4) is 6.57 Å². The molecule has 0 radical (unpaired) electrons. The van der Waals surface area contributed by atoms with E-state index in [0.717, 1.165) is 0 Å². The van der Waals surface area contributed by atoms with E-state index in [1.54, 1.807) is 31.2 Å². The molecule has 2 aromatic rings. The number of hydrogen-bond donors (Lipinski definition) is 2. The van der Waals surface area contributed by atoms with Crippen molar-refractivity contribution in [3.05, 3.63) is 52.4 Å². The number of nitriles is 1. The number of nitrogens with zero attached hydrogens (tertiary/aromatic N) is 3. The highest BCUT2D eigenvalue weighted by Crippen LogP contribution is 2.21. The average molecular weight is 302 g/mol. The summed E-state index contributed by atoms with van der Waals surface area (Å²) in [6.07, 6.45) is 1.37. The molecule has 1 heterocycles. The fourth-order valence-electron chi connectivity index (χ4n) is 1.82. The Labute approximate surface area is 127 Å². The van der Waals surface area contributed by atoms with Crippen molar-refractivity contribution in [3.63, 3.8) is 0 Å². The van der Waals surface area contributed by atoms with Gasteiger partial charge >= 0.3 is 5.97 Å². The second kappa shape index (κ2) is 7.17. The third kappa shape index (κ3) is 3.43. The van der Waals surface area contributed by atoms with Crippen LogP contribution in [0.1, 0.15) is 17.2 Å². The number of anilines is 1. The molecular formula is C14H14N4O2S. The van der Waals surface area contributed by atoms with Crippen molar-refractivity contribution in [1.82, 2.24) is 9.55 Å². The van der Waals surface area contributed by atoms with Crippen LogP contribution in [0.3, 0.4) is 0 Å². The van der Waals surface area contributed by atoms with E-state index in [1.165, 1.54) is 10.9 Å². The molecule has 0 aliphatic heterocycles. The quantitative estimate of drug-likeness (QED) is 0.843. The minimum atomic E-state index is -0.992. The molecule has 0 aliphatic carbocycles. The van der Waals surface area contributed by atoms with Crippen molar-refractivity contribution in [2.24, 2.45) is 0 Å². The molecule has 0 aliphatic rings. The largest absolute Gasteiger partial charge is 0.479 e. The smallest absolute Gasteiger partial charge is 0.331 e. The summed E-state index contributed by atoms with van der Waals surface area (Å²) in [6, 6.07) is 7.98. The van der Waals surface area contributed by atoms with Gasteiger partial charge in [-0.05, 0) is 12.5 Å². The highest BCUT2D eigenvalue weighted by Gasteiger charge is 2.22. The molecule has 1 unspecified atom stereocenters. The SMILES string of the molecule is C#N.Cc1c(N)ncn(C(C(=O)O)c2ccccc2)c1=S.